The molecule has 1 aliphatic heterocycles. The zero-order valence-corrected chi connectivity index (χ0v) is 15.4. The van der Waals surface area contributed by atoms with Gasteiger partial charge >= 0.3 is 6.18 Å². The van der Waals surface area contributed by atoms with Crippen molar-refractivity contribution < 1.29 is 17.9 Å². The number of likely N-dealkylation sites (tertiary alicyclic amines) is 1. The first-order valence-corrected chi connectivity index (χ1v) is 10.1. The van der Waals surface area contributed by atoms with Crippen LogP contribution in [-0.2, 0) is 4.74 Å². The minimum atomic E-state index is -4.14. The molecule has 25 heavy (non-hydrogen) atoms. The van der Waals surface area contributed by atoms with E-state index in [4.69, 9.17) is 4.74 Å². The fraction of sp³-hybridized carbons (Fsp3) is 0.900. The summed E-state index contributed by atoms with van der Waals surface area (Å²) in [5, 5.41) is 0. The number of halogens is 3. The van der Waals surface area contributed by atoms with Crippen molar-refractivity contribution in [3.8, 4) is 0 Å². The van der Waals surface area contributed by atoms with E-state index in [0.717, 1.165) is 58.2 Å². The Labute approximate surface area is 149 Å². The van der Waals surface area contributed by atoms with Crippen molar-refractivity contribution >= 4 is 0 Å². The lowest BCUT2D eigenvalue weighted by molar-refractivity contribution is -0.105. The van der Waals surface area contributed by atoms with Gasteiger partial charge in [0.05, 0.1) is 6.10 Å². The molecule has 0 aromatic carbocycles. The van der Waals surface area contributed by atoms with Gasteiger partial charge in [-0.05, 0) is 89.6 Å². The Morgan fingerprint density at radius 2 is 1.72 bits per heavy atom. The molecule has 1 heterocycles. The highest BCUT2D eigenvalue weighted by Crippen LogP contribution is 2.44. The highest BCUT2D eigenvalue weighted by Gasteiger charge is 2.43. The minimum Gasteiger partial charge on any atom is -0.379 e. The van der Waals surface area contributed by atoms with Crippen molar-refractivity contribution in [1.82, 2.24) is 4.90 Å². The van der Waals surface area contributed by atoms with E-state index in [0.29, 0.717) is 18.6 Å². The van der Waals surface area contributed by atoms with Crippen molar-refractivity contribution in [3.63, 3.8) is 0 Å². The van der Waals surface area contributed by atoms with Gasteiger partial charge in [-0.1, -0.05) is 6.08 Å². The molecule has 3 aliphatic rings. The third kappa shape index (κ3) is 4.79. The van der Waals surface area contributed by atoms with Gasteiger partial charge in [-0.25, -0.2) is 0 Å². The highest BCUT2D eigenvalue weighted by atomic mass is 19.4. The van der Waals surface area contributed by atoms with Gasteiger partial charge in [-0.15, -0.1) is 0 Å². The van der Waals surface area contributed by atoms with Gasteiger partial charge in [-0.2, -0.15) is 13.2 Å². The molecule has 0 spiro atoms. The Bertz CT molecular complexity index is 446. The first-order chi connectivity index (χ1) is 12.0. The maximum atomic E-state index is 13.3. The monoisotopic (exact) mass is 359 g/mol. The molecule has 2 aliphatic carbocycles. The molecule has 5 heteroatoms. The van der Waals surface area contributed by atoms with Crippen molar-refractivity contribution in [2.45, 2.75) is 83.0 Å². The van der Waals surface area contributed by atoms with Crippen molar-refractivity contribution in [3.05, 3.63) is 11.6 Å². The molecule has 2 fully saturated rings. The van der Waals surface area contributed by atoms with Crippen LogP contribution < -0.4 is 0 Å². The highest BCUT2D eigenvalue weighted by molar-refractivity contribution is 5.17. The summed E-state index contributed by atoms with van der Waals surface area (Å²) in [6.45, 7) is 4.77. The summed E-state index contributed by atoms with van der Waals surface area (Å²) < 4.78 is 45.7. The smallest absolute Gasteiger partial charge is 0.379 e. The van der Waals surface area contributed by atoms with Crippen LogP contribution >= 0.6 is 0 Å². The maximum absolute atomic E-state index is 13.3. The summed E-state index contributed by atoms with van der Waals surface area (Å²) in [7, 11) is 0. The second-order valence-corrected chi connectivity index (χ2v) is 7.95. The van der Waals surface area contributed by atoms with E-state index >= 15 is 0 Å². The van der Waals surface area contributed by atoms with E-state index in [-0.39, 0.29) is 17.4 Å². The van der Waals surface area contributed by atoms with E-state index in [2.05, 4.69) is 4.90 Å². The molecule has 0 bridgehead atoms. The molecule has 0 N–H and O–H groups in total. The molecule has 1 saturated carbocycles. The number of allylic oxidation sites excluding steroid dienone is 2. The fourth-order valence-corrected chi connectivity index (χ4v) is 5.22. The van der Waals surface area contributed by atoms with E-state index in [1.54, 1.807) is 0 Å². The number of ether oxygens (including phenoxy) is 1. The summed E-state index contributed by atoms with van der Waals surface area (Å²) in [4.78, 5) is 2.54. The van der Waals surface area contributed by atoms with Crippen molar-refractivity contribution in [1.29, 1.82) is 0 Å². The zero-order valence-electron chi connectivity index (χ0n) is 15.4. The maximum Gasteiger partial charge on any atom is 0.412 e. The van der Waals surface area contributed by atoms with Crippen LogP contribution in [0.15, 0.2) is 11.6 Å². The largest absolute Gasteiger partial charge is 0.412 e. The summed E-state index contributed by atoms with van der Waals surface area (Å²) >= 11 is 0. The summed E-state index contributed by atoms with van der Waals surface area (Å²) in [6.07, 6.45) is 6.40. The van der Waals surface area contributed by atoms with Gasteiger partial charge in [0.1, 0.15) is 0 Å². The average Bonchev–Trinajstić information content (AvgIpc) is 2.62. The molecular weight excluding hydrogens is 327 g/mol. The molecule has 0 aromatic rings. The lowest BCUT2D eigenvalue weighted by Gasteiger charge is -2.43. The summed E-state index contributed by atoms with van der Waals surface area (Å²) in [5.41, 5.74) is -0.227. The lowest BCUT2D eigenvalue weighted by Crippen LogP contribution is -2.45. The Kier molecular flexibility index (Phi) is 6.48. The number of nitrogens with zero attached hydrogens (tertiary/aromatic N) is 1. The number of hydrogen-bond donors (Lipinski definition) is 0. The van der Waals surface area contributed by atoms with Crippen LogP contribution in [-0.4, -0.2) is 42.9 Å². The van der Waals surface area contributed by atoms with Gasteiger partial charge in [-0.3, -0.25) is 0 Å². The van der Waals surface area contributed by atoms with Gasteiger partial charge < -0.3 is 9.64 Å². The Morgan fingerprint density at radius 3 is 2.32 bits per heavy atom. The van der Waals surface area contributed by atoms with Gasteiger partial charge in [0, 0.05) is 18.2 Å². The Morgan fingerprint density at radius 1 is 1.04 bits per heavy atom. The number of rotatable bonds is 4. The fourth-order valence-electron chi connectivity index (χ4n) is 5.22. The minimum absolute atomic E-state index is 0.212. The molecular formula is C20H32F3NO. The van der Waals surface area contributed by atoms with Crippen LogP contribution in [0, 0.1) is 11.8 Å². The second-order valence-electron chi connectivity index (χ2n) is 7.95. The molecule has 0 radical (unpaired) electrons. The molecule has 3 rings (SSSR count). The SMILES string of the molecule is CCOC1CCC(N2CCC(C3CCCC=C3C(F)(F)F)CC2)CC1. The van der Waals surface area contributed by atoms with E-state index in [9.17, 15) is 13.2 Å². The zero-order chi connectivity index (χ0) is 17.9. The van der Waals surface area contributed by atoms with Gasteiger partial charge in [0.25, 0.3) is 0 Å². The Hall–Kier alpha value is -0.550. The van der Waals surface area contributed by atoms with E-state index in [1.807, 2.05) is 6.92 Å². The van der Waals surface area contributed by atoms with Crippen LogP contribution in [0.3, 0.4) is 0 Å². The second kappa shape index (κ2) is 8.43. The van der Waals surface area contributed by atoms with Crippen LogP contribution in [0.2, 0.25) is 0 Å². The lowest BCUT2D eigenvalue weighted by atomic mass is 9.74. The third-order valence-electron chi connectivity index (χ3n) is 6.52. The molecule has 0 amide bonds. The van der Waals surface area contributed by atoms with E-state index < -0.39 is 6.18 Å². The summed E-state index contributed by atoms with van der Waals surface area (Å²) in [6, 6.07) is 0.613. The van der Waals surface area contributed by atoms with Crippen molar-refractivity contribution in [2.24, 2.45) is 11.8 Å². The predicted molar refractivity (Wildman–Crippen MR) is 93.4 cm³/mol. The van der Waals surface area contributed by atoms with E-state index in [1.165, 1.54) is 18.9 Å². The van der Waals surface area contributed by atoms with Crippen molar-refractivity contribution in [2.75, 3.05) is 19.7 Å². The molecule has 1 saturated heterocycles. The first-order valence-electron chi connectivity index (χ1n) is 10.1. The number of alkyl halides is 3. The molecule has 2 nitrogen and oxygen atoms in total. The first kappa shape index (κ1) is 19.2. The van der Waals surface area contributed by atoms with Gasteiger partial charge in [0.15, 0.2) is 0 Å². The topological polar surface area (TPSA) is 12.5 Å². The van der Waals surface area contributed by atoms with Crippen LogP contribution in [0.5, 0.6) is 0 Å². The molecule has 144 valence electrons. The number of hydrogen-bond acceptors (Lipinski definition) is 2. The van der Waals surface area contributed by atoms with Gasteiger partial charge in [0.2, 0.25) is 0 Å². The van der Waals surface area contributed by atoms with Crippen LogP contribution in [0.4, 0.5) is 13.2 Å². The van der Waals surface area contributed by atoms with Crippen LogP contribution in [0.1, 0.15) is 64.7 Å². The molecule has 0 aromatic heterocycles. The third-order valence-corrected chi connectivity index (χ3v) is 6.52. The molecule has 1 unspecified atom stereocenters. The average molecular weight is 359 g/mol. The quantitative estimate of drug-likeness (QED) is 0.629. The molecule has 1 atom stereocenters. The standard InChI is InChI=1S/C20H32F3NO/c1-2-25-17-9-7-16(8-10-17)24-13-11-15(12-14-24)18-5-3-4-6-19(18)20(21,22)23/h6,15-18H,2-5,7-14H2,1H3. The predicted octanol–water partition coefficient (Wildman–Crippen LogP) is 5.33. The Balaban J connectivity index is 1.50. The summed E-state index contributed by atoms with van der Waals surface area (Å²) in [5.74, 6) is -0.0474. The number of piperidine rings is 1. The van der Waals surface area contributed by atoms with Crippen LogP contribution in [0.25, 0.3) is 0 Å². The normalized spacial score (nSPS) is 33.3.